The summed E-state index contributed by atoms with van der Waals surface area (Å²) in [6.45, 7) is 8.42. The van der Waals surface area contributed by atoms with Crippen molar-refractivity contribution in [3.05, 3.63) is 35.4 Å². The summed E-state index contributed by atoms with van der Waals surface area (Å²) in [4.78, 5) is 38.0. The van der Waals surface area contributed by atoms with Gasteiger partial charge in [0, 0.05) is 19.6 Å². The zero-order chi connectivity index (χ0) is 21.4. The maximum atomic E-state index is 12.3. The second-order valence-corrected chi connectivity index (χ2v) is 8.40. The van der Waals surface area contributed by atoms with Crippen LogP contribution in [0.25, 0.3) is 0 Å². The number of nitrogens with zero attached hydrogens (tertiary/aromatic N) is 1. The molecule has 1 atom stereocenters. The van der Waals surface area contributed by atoms with Gasteiger partial charge in [-0.25, -0.2) is 4.79 Å². The fourth-order valence-electron chi connectivity index (χ4n) is 3.19. The standard InChI is InChI=1S/C22H32N2O5/c1-16-8-5-6-9-17(16)11-12-23-19(25)15-28-20(26)18-10-7-13-24(14-18)21(27)29-22(2,3)4/h5-6,8-9,18H,7,10-15H2,1-4H3,(H,23,25). The van der Waals surface area contributed by atoms with E-state index < -0.39 is 23.6 Å². The van der Waals surface area contributed by atoms with Gasteiger partial charge in [0.05, 0.1) is 5.92 Å². The Balaban J connectivity index is 1.71. The maximum absolute atomic E-state index is 12.3. The summed E-state index contributed by atoms with van der Waals surface area (Å²) < 4.78 is 10.5. The van der Waals surface area contributed by atoms with E-state index in [-0.39, 0.29) is 19.1 Å². The normalized spacial score (nSPS) is 16.8. The van der Waals surface area contributed by atoms with Crippen LogP contribution >= 0.6 is 0 Å². The summed E-state index contributed by atoms with van der Waals surface area (Å²) in [5, 5.41) is 2.77. The number of ether oxygens (including phenoxy) is 2. The third kappa shape index (κ3) is 7.75. The number of esters is 1. The number of amides is 2. The van der Waals surface area contributed by atoms with Crippen molar-refractivity contribution in [2.24, 2.45) is 5.92 Å². The van der Waals surface area contributed by atoms with Crippen molar-refractivity contribution in [2.45, 2.75) is 52.6 Å². The number of likely N-dealkylation sites (tertiary alicyclic amines) is 1. The van der Waals surface area contributed by atoms with Crippen LogP contribution in [0.5, 0.6) is 0 Å². The van der Waals surface area contributed by atoms with E-state index in [0.29, 0.717) is 25.9 Å². The molecule has 1 aliphatic rings. The van der Waals surface area contributed by atoms with Crippen molar-refractivity contribution < 1.29 is 23.9 Å². The smallest absolute Gasteiger partial charge is 0.410 e. The van der Waals surface area contributed by atoms with E-state index in [4.69, 9.17) is 9.47 Å². The van der Waals surface area contributed by atoms with Gasteiger partial charge in [0.15, 0.2) is 6.61 Å². The summed E-state index contributed by atoms with van der Waals surface area (Å²) in [5.74, 6) is -1.21. The number of rotatable bonds is 6. The molecule has 7 nitrogen and oxygen atoms in total. The van der Waals surface area contributed by atoms with Crippen molar-refractivity contribution in [3.63, 3.8) is 0 Å². The lowest BCUT2D eigenvalue weighted by molar-refractivity contribution is -0.154. The van der Waals surface area contributed by atoms with E-state index in [1.165, 1.54) is 16.0 Å². The first kappa shape index (κ1) is 22.7. The van der Waals surface area contributed by atoms with E-state index in [1.54, 1.807) is 20.8 Å². The van der Waals surface area contributed by atoms with Crippen molar-refractivity contribution in [1.82, 2.24) is 10.2 Å². The third-order valence-electron chi connectivity index (χ3n) is 4.73. The second-order valence-electron chi connectivity index (χ2n) is 8.40. The molecule has 1 unspecified atom stereocenters. The lowest BCUT2D eigenvalue weighted by Crippen LogP contribution is -2.45. The fraction of sp³-hybridized carbons (Fsp3) is 0.591. The molecule has 0 radical (unpaired) electrons. The Hall–Kier alpha value is -2.57. The van der Waals surface area contributed by atoms with Crippen molar-refractivity contribution in [1.29, 1.82) is 0 Å². The number of benzene rings is 1. The van der Waals surface area contributed by atoms with Crippen LogP contribution in [-0.4, -0.2) is 54.7 Å². The quantitative estimate of drug-likeness (QED) is 0.737. The second kappa shape index (κ2) is 10.3. The Bertz CT molecular complexity index is 726. The van der Waals surface area contributed by atoms with Crippen LogP contribution < -0.4 is 5.32 Å². The molecule has 2 amide bonds. The number of carbonyl (C=O) groups excluding carboxylic acids is 3. The van der Waals surface area contributed by atoms with Crippen molar-refractivity contribution in [3.8, 4) is 0 Å². The van der Waals surface area contributed by atoms with E-state index in [9.17, 15) is 14.4 Å². The molecule has 0 spiro atoms. The zero-order valence-corrected chi connectivity index (χ0v) is 17.8. The molecule has 29 heavy (non-hydrogen) atoms. The number of hydrogen-bond acceptors (Lipinski definition) is 5. The van der Waals surface area contributed by atoms with Crippen LogP contribution in [0.3, 0.4) is 0 Å². The van der Waals surface area contributed by atoms with Gasteiger partial charge in [-0.1, -0.05) is 24.3 Å². The van der Waals surface area contributed by atoms with Gasteiger partial charge in [-0.15, -0.1) is 0 Å². The summed E-state index contributed by atoms with van der Waals surface area (Å²) in [6.07, 6.45) is 1.62. The van der Waals surface area contributed by atoms with E-state index in [0.717, 1.165) is 6.42 Å². The van der Waals surface area contributed by atoms with E-state index in [2.05, 4.69) is 5.32 Å². The molecule has 2 rings (SSSR count). The highest BCUT2D eigenvalue weighted by Crippen LogP contribution is 2.20. The SMILES string of the molecule is Cc1ccccc1CCNC(=O)COC(=O)C1CCCN(C(=O)OC(C)(C)C)C1. The summed E-state index contributed by atoms with van der Waals surface area (Å²) in [7, 11) is 0. The minimum atomic E-state index is -0.582. The minimum absolute atomic E-state index is 0.253. The van der Waals surface area contributed by atoms with Gasteiger partial charge < -0.3 is 19.7 Å². The Kier molecular flexibility index (Phi) is 8.05. The fourth-order valence-corrected chi connectivity index (χ4v) is 3.19. The van der Waals surface area contributed by atoms with Gasteiger partial charge in [-0.05, 0) is 58.1 Å². The van der Waals surface area contributed by atoms with Gasteiger partial charge in [0.1, 0.15) is 5.60 Å². The number of nitrogens with one attached hydrogen (secondary N) is 1. The first-order chi connectivity index (χ1) is 13.7. The number of piperidine rings is 1. The maximum Gasteiger partial charge on any atom is 0.410 e. The largest absolute Gasteiger partial charge is 0.455 e. The summed E-state index contributed by atoms with van der Waals surface area (Å²) in [5.41, 5.74) is 1.77. The number of carbonyl (C=O) groups is 3. The summed E-state index contributed by atoms with van der Waals surface area (Å²) >= 11 is 0. The van der Waals surface area contributed by atoms with Crippen LogP contribution in [0, 0.1) is 12.8 Å². The van der Waals surface area contributed by atoms with Crippen LogP contribution in [0.4, 0.5) is 4.79 Å². The zero-order valence-electron chi connectivity index (χ0n) is 17.8. The van der Waals surface area contributed by atoms with Crippen molar-refractivity contribution in [2.75, 3.05) is 26.2 Å². The minimum Gasteiger partial charge on any atom is -0.455 e. The average Bonchev–Trinajstić information content (AvgIpc) is 2.66. The molecular weight excluding hydrogens is 372 g/mol. The van der Waals surface area contributed by atoms with Crippen LogP contribution in [0.15, 0.2) is 24.3 Å². The molecule has 0 saturated carbocycles. The third-order valence-corrected chi connectivity index (χ3v) is 4.73. The van der Waals surface area contributed by atoms with Gasteiger partial charge in [-0.3, -0.25) is 9.59 Å². The predicted molar refractivity (Wildman–Crippen MR) is 109 cm³/mol. The molecule has 1 heterocycles. The molecule has 1 fully saturated rings. The molecule has 1 aliphatic heterocycles. The van der Waals surface area contributed by atoms with Gasteiger partial charge in [-0.2, -0.15) is 0 Å². The molecule has 0 aliphatic carbocycles. The highest BCUT2D eigenvalue weighted by Gasteiger charge is 2.32. The number of hydrogen-bond donors (Lipinski definition) is 1. The Morgan fingerprint density at radius 2 is 1.93 bits per heavy atom. The highest BCUT2D eigenvalue weighted by atomic mass is 16.6. The molecule has 160 valence electrons. The lowest BCUT2D eigenvalue weighted by atomic mass is 9.98. The first-order valence-corrected chi connectivity index (χ1v) is 10.1. The average molecular weight is 405 g/mol. The molecule has 1 N–H and O–H groups in total. The molecular formula is C22H32N2O5. The van der Waals surface area contributed by atoms with Crippen LogP contribution in [-0.2, 0) is 25.5 Å². The molecule has 0 bridgehead atoms. The molecule has 7 heteroatoms. The van der Waals surface area contributed by atoms with Gasteiger partial charge >= 0.3 is 12.1 Å². The molecule has 0 aromatic heterocycles. The summed E-state index contributed by atoms with van der Waals surface area (Å²) in [6, 6.07) is 8.01. The predicted octanol–water partition coefficient (Wildman–Crippen LogP) is 2.84. The Labute approximate surface area is 172 Å². The van der Waals surface area contributed by atoms with Gasteiger partial charge in [0.25, 0.3) is 5.91 Å². The first-order valence-electron chi connectivity index (χ1n) is 10.1. The van der Waals surface area contributed by atoms with Gasteiger partial charge in [0.2, 0.25) is 0 Å². The monoisotopic (exact) mass is 404 g/mol. The molecule has 1 aromatic carbocycles. The van der Waals surface area contributed by atoms with Crippen molar-refractivity contribution >= 4 is 18.0 Å². The Morgan fingerprint density at radius 1 is 1.21 bits per heavy atom. The highest BCUT2D eigenvalue weighted by molar-refractivity contribution is 5.81. The van der Waals surface area contributed by atoms with E-state index in [1.807, 2.05) is 31.2 Å². The number of aryl methyl sites for hydroxylation is 1. The van der Waals surface area contributed by atoms with Crippen LogP contribution in [0.2, 0.25) is 0 Å². The Morgan fingerprint density at radius 3 is 2.62 bits per heavy atom. The molecule has 1 aromatic rings. The van der Waals surface area contributed by atoms with Crippen LogP contribution in [0.1, 0.15) is 44.7 Å². The lowest BCUT2D eigenvalue weighted by Gasteiger charge is -2.33. The topological polar surface area (TPSA) is 84.9 Å². The van der Waals surface area contributed by atoms with E-state index >= 15 is 0 Å². The molecule has 1 saturated heterocycles.